The highest BCUT2D eigenvalue weighted by molar-refractivity contribution is 5.98. The SMILES string of the molecule is CCCC[C@@](C)(OCCC)C(=O)Nc1ccc(O[C@H](C)CC)cc1C#N. The number of nitrogens with one attached hydrogen (secondary N) is 1. The van der Waals surface area contributed by atoms with Crippen molar-refractivity contribution in [3.05, 3.63) is 23.8 Å². The topological polar surface area (TPSA) is 71.3 Å². The van der Waals surface area contributed by atoms with Gasteiger partial charge in [0.25, 0.3) is 5.91 Å². The number of nitrogens with zero attached hydrogens (tertiary/aromatic N) is 1. The summed E-state index contributed by atoms with van der Waals surface area (Å²) in [5, 5.41) is 12.3. The van der Waals surface area contributed by atoms with Gasteiger partial charge >= 0.3 is 0 Å². The minimum atomic E-state index is -0.898. The normalized spacial score (nSPS) is 14.2. The Labute approximate surface area is 157 Å². The third kappa shape index (κ3) is 6.34. The fourth-order valence-electron chi connectivity index (χ4n) is 2.46. The fraction of sp³-hybridized carbons (Fsp3) is 0.619. The second kappa shape index (κ2) is 10.8. The van der Waals surface area contributed by atoms with Crippen molar-refractivity contribution in [2.24, 2.45) is 0 Å². The predicted octanol–water partition coefficient (Wildman–Crippen LogP) is 5.05. The van der Waals surface area contributed by atoms with Crippen LogP contribution in [-0.2, 0) is 9.53 Å². The van der Waals surface area contributed by atoms with E-state index in [-0.39, 0.29) is 12.0 Å². The second-order valence-corrected chi connectivity index (χ2v) is 6.79. The third-order valence-electron chi connectivity index (χ3n) is 4.38. The van der Waals surface area contributed by atoms with Gasteiger partial charge in [-0.25, -0.2) is 0 Å². The van der Waals surface area contributed by atoms with E-state index >= 15 is 0 Å². The first-order valence-electron chi connectivity index (χ1n) is 9.56. The molecule has 144 valence electrons. The zero-order chi connectivity index (χ0) is 19.6. The zero-order valence-electron chi connectivity index (χ0n) is 16.7. The fourth-order valence-corrected chi connectivity index (χ4v) is 2.46. The molecule has 1 aromatic carbocycles. The molecule has 0 fully saturated rings. The van der Waals surface area contributed by atoms with Crippen molar-refractivity contribution in [1.82, 2.24) is 0 Å². The number of benzene rings is 1. The lowest BCUT2D eigenvalue weighted by atomic mass is 9.97. The van der Waals surface area contributed by atoms with Gasteiger partial charge in [0.05, 0.1) is 17.4 Å². The van der Waals surface area contributed by atoms with E-state index in [1.807, 2.05) is 27.7 Å². The Bertz CT molecular complexity index is 614. The van der Waals surface area contributed by atoms with Crippen molar-refractivity contribution in [3.8, 4) is 11.8 Å². The van der Waals surface area contributed by atoms with Gasteiger partial charge in [-0.05, 0) is 45.2 Å². The number of unbranched alkanes of at least 4 members (excludes halogenated alkanes) is 1. The number of amides is 1. The van der Waals surface area contributed by atoms with Crippen molar-refractivity contribution in [2.75, 3.05) is 11.9 Å². The summed E-state index contributed by atoms with van der Waals surface area (Å²) in [6.07, 6.45) is 4.34. The van der Waals surface area contributed by atoms with Gasteiger partial charge in [0.15, 0.2) is 0 Å². The average molecular weight is 360 g/mol. The van der Waals surface area contributed by atoms with Gasteiger partial charge in [-0.1, -0.05) is 33.6 Å². The largest absolute Gasteiger partial charge is 0.491 e. The molecule has 1 amide bonds. The Morgan fingerprint density at radius 2 is 2.04 bits per heavy atom. The molecule has 0 spiro atoms. The molecule has 0 bridgehead atoms. The van der Waals surface area contributed by atoms with Crippen LogP contribution in [0.1, 0.15) is 72.3 Å². The second-order valence-electron chi connectivity index (χ2n) is 6.79. The third-order valence-corrected chi connectivity index (χ3v) is 4.38. The maximum absolute atomic E-state index is 12.8. The zero-order valence-corrected chi connectivity index (χ0v) is 16.7. The van der Waals surface area contributed by atoms with E-state index in [0.717, 1.165) is 25.7 Å². The Morgan fingerprint density at radius 1 is 1.31 bits per heavy atom. The highest BCUT2D eigenvalue weighted by atomic mass is 16.5. The summed E-state index contributed by atoms with van der Waals surface area (Å²) in [6.45, 7) is 10.5. The van der Waals surface area contributed by atoms with Crippen LogP contribution in [0.4, 0.5) is 5.69 Å². The number of anilines is 1. The Hall–Kier alpha value is -2.06. The average Bonchev–Trinajstić information content (AvgIpc) is 2.65. The monoisotopic (exact) mass is 360 g/mol. The molecule has 26 heavy (non-hydrogen) atoms. The lowest BCUT2D eigenvalue weighted by Gasteiger charge is -2.29. The van der Waals surface area contributed by atoms with Crippen molar-refractivity contribution >= 4 is 11.6 Å². The highest BCUT2D eigenvalue weighted by Gasteiger charge is 2.33. The molecule has 0 saturated heterocycles. The molecule has 5 heteroatoms. The number of carbonyl (C=O) groups excluding carboxylic acids is 1. The lowest BCUT2D eigenvalue weighted by molar-refractivity contribution is -0.140. The highest BCUT2D eigenvalue weighted by Crippen LogP contribution is 2.26. The number of rotatable bonds is 11. The van der Waals surface area contributed by atoms with Gasteiger partial charge in [-0.2, -0.15) is 5.26 Å². The van der Waals surface area contributed by atoms with Crippen LogP contribution in [0.2, 0.25) is 0 Å². The molecular weight excluding hydrogens is 328 g/mol. The first-order valence-corrected chi connectivity index (χ1v) is 9.56. The summed E-state index contributed by atoms with van der Waals surface area (Å²) in [4.78, 5) is 12.8. The molecule has 0 radical (unpaired) electrons. The van der Waals surface area contributed by atoms with E-state index in [1.54, 1.807) is 18.2 Å². The molecule has 2 atom stereocenters. The number of ether oxygens (including phenoxy) is 2. The number of nitriles is 1. The molecule has 1 rings (SSSR count). The summed E-state index contributed by atoms with van der Waals surface area (Å²) >= 11 is 0. The van der Waals surface area contributed by atoms with Gasteiger partial charge in [0.1, 0.15) is 17.4 Å². The van der Waals surface area contributed by atoms with Gasteiger partial charge in [-0.15, -0.1) is 0 Å². The van der Waals surface area contributed by atoms with E-state index in [2.05, 4.69) is 18.3 Å². The van der Waals surface area contributed by atoms with Crippen molar-refractivity contribution in [2.45, 2.75) is 78.4 Å². The molecule has 0 aliphatic rings. The predicted molar refractivity (Wildman–Crippen MR) is 104 cm³/mol. The molecule has 0 aliphatic carbocycles. The van der Waals surface area contributed by atoms with E-state index in [9.17, 15) is 10.1 Å². The Kier molecular flexibility index (Phi) is 9.15. The van der Waals surface area contributed by atoms with Crippen LogP contribution < -0.4 is 10.1 Å². The quantitative estimate of drug-likeness (QED) is 0.599. The van der Waals surface area contributed by atoms with E-state index in [4.69, 9.17) is 9.47 Å². The maximum atomic E-state index is 12.8. The van der Waals surface area contributed by atoms with Crippen LogP contribution in [0.5, 0.6) is 5.75 Å². The van der Waals surface area contributed by atoms with Gasteiger partial charge in [0, 0.05) is 12.7 Å². The summed E-state index contributed by atoms with van der Waals surface area (Å²) in [7, 11) is 0. The summed E-state index contributed by atoms with van der Waals surface area (Å²) in [6, 6.07) is 7.29. The van der Waals surface area contributed by atoms with Crippen LogP contribution in [-0.4, -0.2) is 24.2 Å². The minimum absolute atomic E-state index is 0.0711. The Balaban J connectivity index is 2.96. The summed E-state index contributed by atoms with van der Waals surface area (Å²) in [5.74, 6) is 0.413. The number of hydrogen-bond donors (Lipinski definition) is 1. The first-order chi connectivity index (χ1) is 12.4. The molecule has 1 aromatic rings. The summed E-state index contributed by atoms with van der Waals surface area (Å²) < 4.78 is 11.6. The van der Waals surface area contributed by atoms with Crippen molar-refractivity contribution in [1.29, 1.82) is 5.26 Å². The molecular formula is C21H32N2O3. The summed E-state index contributed by atoms with van der Waals surface area (Å²) in [5.41, 5.74) is -0.0331. The van der Waals surface area contributed by atoms with Crippen LogP contribution in [0.25, 0.3) is 0 Å². The molecule has 0 saturated carbocycles. The molecule has 0 aliphatic heterocycles. The van der Waals surface area contributed by atoms with Crippen LogP contribution >= 0.6 is 0 Å². The van der Waals surface area contributed by atoms with Crippen LogP contribution in [0.15, 0.2) is 18.2 Å². The Morgan fingerprint density at radius 3 is 2.62 bits per heavy atom. The molecule has 1 N–H and O–H groups in total. The molecule has 0 heterocycles. The molecule has 5 nitrogen and oxygen atoms in total. The van der Waals surface area contributed by atoms with Gasteiger partial charge in [0.2, 0.25) is 0 Å². The lowest BCUT2D eigenvalue weighted by Crippen LogP contribution is -2.43. The molecule has 0 unspecified atom stereocenters. The van der Waals surface area contributed by atoms with Gasteiger partial charge < -0.3 is 14.8 Å². The standard InChI is InChI=1S/C21H32N2O3/c1-6-9-12-21(5,25-13-7-2)20(24)23-19-11-10-18(14-17(19)15-22)26-16(4)8-3/h10-11,14,16H,6-9,12-13H2,1-5H3,(H,23,24)/t16-,21-/m1/s1. The van der Waals surface area contributed by atoms with Crippen LogP contribution in [0, 0.1) is 11.3 Å². The van der Waals surface area contributed by atoms with E-state index in [1.165, 1.54) is 0 Å². The smallest absolute Gasteiger partial charge is 0.256 e. The van der Waals surface area contributed by atoms with E-state index < -0.39 is 5.60 Å². The van der Waals surface area contributed by atoms with Crippen molar-refractivity contribution < 1.29 is 14.3 Å². The molecule has 0 aromatic heterocycles. The van der Waals surface area contributed by atoms with Crippen molar-refractivity contribution in [3.63, 3.8) is 0 Å². The number of carbonyl (C=O) groups is 1. The minimum Gasteiger partial charge on any atom is -0.491 e. The van der Waals surface area contributed by atoms with Gasteiger partial charge in [-0.3, -0.25) is 4.79 Å². The van der Waals surface area contributed by atoms with Crippen LogP contribution in [0.3, 0.4) is 0 Å². The van der Waals surface area contributed by atoms with E-state index in [0.29, 0.717) is 30.0 Å². The number of hydrogen-bond acceptors (Lipinski definition) is 4. The maximum Gasteiger partial charge on any atom is 0.256 e. The first kappa shape index (κ1) is 22.0.